The topological polar surface area (TPSA) is 52.7 Å². The monoisotopic (exact) mass is 447 g/mol. The molecule has 0 amide bonds. The van der Waals surface area contributed by atoms with Crippen LogP contribution in [0.25, 0.3) is 0 Å². The molecule has 1 aromatic carbocycles. The van der Waals surface area contributed by atoms with Gasteiger partial charge in [0.25, 0.3) is 0 Å². The summed E-state index contributed by atoms with van der Waals surface area (Å²) in [4.78, 5) is 6.80. The number of hydrogen-bond acceptors (Lipinski definition) is 6. The molecule has 0 N–H and O–H groups in total. The summed E-state index contributed by atoms with van der Waals surface area (Å²) in [6.45, 7) is 16.4. The van der Waals surface area contributed by atoms with Crippen molar-refractivity contribution in [2.24, 2.45) is 5.92 Å². The van der Waals surface area contributed by atoms with Gasteiger partial charge in [-0.15, -0.1) is 0 Å². The van der Waals surface area contributed by atoms with Crippen molar-refractivity contribution in [2.75, 3.05) is 26.4 Å². The zero-order chi connectivity index (χ0) is 23.0. The Labute approximate surface area is 193 Å². The Morgan fingerprint density at radius 1 is 1.09 bits per heavy atom. The number of ether oxygens (including phenoxy) is 4. The molecule has 3 aliphatic rings. The molecule has 1 spiro atoms. The van der Waals surface area contributed by atoms with Gasteiger partial charge in [-0.3, -0.25) is 4.84 Å². The summed E-state index contributed by atoms with van der Waals surface area (Å²) in [5.41, 5.74) is 0.716. The molecule has 5 unspecified atom stereocenters. The van der Waals surface area contributed by atoms with Crippen LogP contribution in [0.1, 0.15) is 78.9 Å². The van der Waals surface area contributed by atoms with Crippen LogP contribution >= 0.6 is 0 Å². The Morgan fingerprint density at radius 3 is 2.31 bits per heavy atom. The fraction of sp³-hybridized carbons (Fsp3) is 0.769. The molecule has 0 aliphatic carbocycles. The molecule has 1 aromatic rings. The van der Waals surface area contributed by atoms with Crippen LogP contribution < -0.4 is 4.74 Å². The summed E-state index contributed by atoms with van der Waals surface area (Å²) >= 11 is 0. The highest BCUT2D eigenvalue weighted by atomic mass is 16.7. The van der Waals surface area contributed by atoms with Gasteiger partial charge in [0, 0.05) is 17.9 Å². The molecule has 32 heavy (non-hydrogen) atoms. The predicted octanol–water partition coefficient (Wildman–Crippen LogP) is 5.27. The van der Waals surface area contributed by atoms with E-state index in [4.69, 9.17) is 23.8 Å². The minimum Gasteiger partial charge on any atom is -0.491 e. The first-order valence-electron chi connectivity index (χ1n) is 12.4. The molecule has 6 nitrogen and oxygen atoms in total. The first-order valence-corrected chi connectivity index (χ1v) is 12.4. The van der Waals surface area contributed by atoms with Gasteiger partial charge in [-0.05, 0) is 57.7 Å². The number of epoxide rings is 1. The maximum absolute atomic E-state index is 6.80. The molecule has 0 aromatic heterocycles. The van der Waals surface area contributed by atoms with E-state index < -0.39 is 5.79 Å². The largest absolute Gasteiger partial charge is 0.491 e. The van der Waals surface area contributed by atoms with E-state index in [1.165, 1.54) is 0 Å². The Morgan fingerprint density at radius 2 is 1.75 bits per heavy atom. The molecule has 4 rings (SSSR count). The molecule has 6 heteroatoms. The minimum atomic E-state index is -0.541. The van der Waals surface area contributed by atoms with Crippen molar-refractivity contribution in [2.45, 2.75) is 96.3 Å². The number of rotatable bonds is 8. The summed E-state index contributed by atoms with van der Waals surface area (Å²) < 4.78 is 23.8. The highest BCUT2D eigenvalue weighted by molar-refractivity contribution is 5.28. The highest BCUT2D eigenvalue weighted by Crippen LogP contribution is 2.53. The van der Waals surface area contributed by atoms with Gasteiger partial charge in [-0.1, -0.05) is 32.9 Å². The van der Waals surface area contributed by atoms with Gasteiger partial charge in [0.2, 0.25) is 0 Å². The third-order valence-corrected chi connectivity index (χ3v) is 8.08. The standard InChI is InChI=1S/C26H41NO5/c1-7-24(5)18-26(30-14-9-15-31-26)20(4)25(6,8-2)27(24)32-19(3)21-10-12-22(13-11-21)28-16-23-17-29-23/h10-13,19-20,23H,7-9,14-18H2,1-6H3. The number of hydroxylamine groups is 2. The molecule has 3 aliphatic heterocycles. The second kappa shape index (κ2) is 9.22. The van der Waals surface area contributed by atoms with E-state index in [2.05, 4.69) is 58.7 Å². The van der Waals surface area contributed by atoms with Crippen LogP contribution in [-0.4, -0.2) is 54.5 Å². The third kappa shape index (κ3) is 4.45. The number of piperidine rings is 1. The van der Waals surface area contributed by atoms with Crippen molar-refractivity contribution in [1.29, 1.82) is 0 Å². The average molecular weight is 448 g/mol. The Bertz CT molecular complexity index is 760. The van der Waals surface area contributed by atoms with Gasteiger partial charge >= 0.3 is 0 Å². The molecule has 3 heterocycles. The lowest BCUT2D eigenvalue weighted by molar-refractivity contribution is -0.405. The Hall–Kier alpha value is -1.18. The van der Waals surface area contributed by atoms with Crippen LogP contribution in [0, 0.1) is 5.92 Å². The van der Waals surface area contributed by atoms with E-state index in [1.807, 2.05) is 12.1 Å². The zero-order valence-corrected chi connectivity index (χ0v) is 20.7. The van der Waals surface area contributed by atoms with E-state index in [9.17, 15) is 0 Å². The van der Waals surface area contributed by atoms with Gasteiger partial charge in [-0.2, -0.15) is 5.06 Å². The Kier molecular flexibility index (Phi) is 6.91. The molecule has 5 atom stereocenters. The molecule has 3 fully saturated rings. The van der Waals surface area contributed by atoms with E-state index in [0.29, 0.717) is 6.61 Å². The van der Waals surface area contributed by atoms with Crippen LogP contribution in [0.3, 0.4) is 0 Å². The van der Waals surface area contributed by atoms with Crippen molar-refractivity contribution in [1.82, 2.24) is 5.06 Å². The molecule has 3 saturated heterocycles. The highest BCUT2D eigenvalue weighted by Gasteiger charge is 2.62. The summed E-state index contributed by atoms with van der Waals surface area (Å²) in [5.74, 6) is 0.502. The van der Waals surface area contributed by atoms with Gasteiger partial charge in [0.05, 0.1) is 25.4 Å². The first kappa shape index (κ1) is 24.0. The number of benzene rings is 1. The Balaban J connectivity index is 1.53. The average Bonchev–Trinajstić information content (AvgIpc) is 3.65. The molecular weight excluding hydrogens is 406 g/mol. The van der Waals surface area contributed by atoms with E-state index in [-0.39, 0.29) is 29.2 Å². The normalized spacial score (nSPS) is 35.6. The van der Waals surface area contributed by atoms with Gasteiger partial charge < -0.3 is 18.9 Å². The smallest absolute Gasteiger partial charge is 0.174 e. The van der Waals surface area contributed by atoms with Crippen LogP contribution in [0.5, 0.6) is 5.75 Å². The van der Waals surface area contributed by atoms with E-state index >= 15 is 0 Å². The number of nitrogens with zero attached hydrogens (tertiary/aromatic N) is 1. The maximum atomic E-state index is 6.80. The van der Waals surface area contributed by atoms with Crippen molar-refractivity contribution in [3.8, 4) is 5.75 Å². The van der Waals surface area contributed by atoms with Gasteiger partial charge in [-0.25, -0.2) is 0 Å². The van der Waals surface area contributed by atoms with Crippen molar-refractivity contribution >= 4 is 0 Å². The van der Waals surface area contributed by atoms with E-state index in [1.54, 1.807) is 0 Å². The molecule has 180 valence electrons. The van der Waals surface area contributed by atoms with Crippen molar-refractivity contribution in [3.05, 3.63) is 29.8 Å². The molecular formula is C26H41NO5. The second-order valence-corrected chi connectivity index (χ2v) is 10.2. The lowest BCUT2D eigenvalue weighted by Gasteiger charge is -2.63. The van der Waals surface area contributed by atoms with Crippen molar-refractivity contribution < 1.29 is 23.8 Å². The maximum Gasteiger partial charge on any atom is 0.174 e. The second-order valence-electron chi connectivity index (χ2n) is 10.2. The quantitative estimate of drug-likeness (QED) is 0.506. The SMILES string of the molecule is CCC1(C)CC2(OCCCO2)C(C)C(C)(CC)N1OC(C)c1ccc(OCC2CO2)cc1. The molecule has 0 radical (unpaired) electrons. The zero-order valence-electron chi connectivity index (χ0n) is 20.7. The molecule has 0 bridgehead atoms. The fourth-order valence-electron chi connectivity index (χ4n) is 5.34. The van der Waals surface area contributed by atoms with Gasteiger partial charge in [0.15, 0.2) is 5.79 Å². The van der Waals surface area contributed by atoms with Crippen LogP contribution in [-0.2, 0) is 19.0 Å². The fourth-order valence-corrected chi connectivity index (χ4v) is 5.34. The van der Waals surface area contributed by atoms with Crippen LogP contribution in [0.2, 0.25) is 0 Å². The minimum absolute atomic E-state index is 0.0815. The summed E-state index contributed by atoms with van der Waals surface area (Å²) in [6, 6.07) is 8.24. The lowest BCUT2D eigenvalue weighted by Crippen LogP contribution is -2.73. The van der Waals surface area contributed by atoms with E-state index in [0.717, 1.165) is 56.8 Å². The summed E-state index contributed by atoms with van der Waals surface area (Å²) in [5, 5.41) is 2.29. The molecule has 0 saturated carbocycles. The predicted molar refractivity (Wildman–Crippen MR) is 123 cm³/mol. The third-order valence-electron chi connectivity index (χ3n) is 8.08. The summed E-state index contributed by atoms with van der Waals surface area (Å²) in [7, 11) is 0. The first-order chi connectivity index (χ1) is 15.3. The lowest BCUT2D eigenvalue weighted by atomic mass is 9.67. The number of hydrogen-bond donors (Lipinski definition) is 0. The van der Waals surface area contributed by atoms with Gasteiger partial charge in [0.1, 0.15) is 24.6 Å². The van der Waals surface area contributed by atoms with Crippen LogP contribution in [0.4, 0.5) is 0 Å². The summed E-state index contributed by atoms with van der Waals surface area (Å²) in [6.07, 6.45) is 3.84. The van der Waals surface area contributed by atoms with Crippen LogP contribution in [0.15, 0.2) is 24.3 Å². The van der Waals surface area contributed by atoms with Crippen molar-refractivity contribution in [3.63, 3.8) is 0 Å².